The van der Waals surface area contributed by atoms with Gasteiger partial charge in [-0.2, -0.15) is 0 Å². The molecule has 70 valence electrons. The average Bonchev–Trinajstić information content (AvgIpc) is 2.26. The minimum atomic E-state index is 0.392. The van der Waals surface area contributed by atoms with Crippen LogP contribution < -0.4 is 0 Å². The van der Waals surface area contributed by atoms with Crippen molar-refractivity contribution in [3.63, 3.8) is 0 Å². The highest BCUT2D eigenvalue weighted by atomic mass is 16.3. The van der Waals surface area contributed by atoms with Gasteiger partial charge in [-0.05, 0) is 35.0 Å². The molecule has 2 rings (SSSR count). The zero-order chi connectivity index (χ0) is 9.20. The molecule has 0 heterocycles. The summed E-state index contributed by atoms with van der Waals surface area (Å²) < 4.78 is 0. The number of hydrogen-bond acceptors (Lipinski definition) is 1. The molecule has 0 aliphatic heterocycles. The second-order valence-electron chi connectivity index (χ2n) is 6.13. The summed E-state index contributed by atoms with van der Waals surface area (Å²) in [6, 6.07) is 0. The van der Waals surface area contributed by atoms with Gasteiger partial charge in [-0.25, -0.2) is 0 Å². The van der Waals surface area contributed by atoms with Crippen LogP contribution in [0.4, 0.5) is 0 Å². The normalized spacial score (nSPS) is 39.2. The monoisotopic (exact) mass is 168 g/mol. The Morgan fingerprint density at radius 3 is 1.92 bits per heavy atom. The molecule has 0 bridgehead atoms. The van der Waals surface area contributed by atoms with Crippen LogP contribution in [0.15, 0.2) is 0 Å². The Balaban J connectivity index is 2.10. The van der Waals surface area contributed by atoms with Crippen molar-refractivity contribution < 1.29 is 5.11 Å². The first kappa shape index (κ1) is 8.55. The zero-order valence-electron chi connectivity index (χ0n) is 8.65. The Morgan fingerprint density at radius 1 is 1.17 bits per heavy atom. The molecule has 1 spiro atoms. The fraction of sp³-hybridized carbons (Fsp3) is 1.00. The number of hydrogen-bond donors (Lipinski definition) is 1. The summed E-state index contributed by atoms with van der Waals surface area (Å²) >= 11 is 0. The molecule has 0 aromatic heterocycles. The molecule has 1 heteroatoms. The van der Waals surface area contributed by atoms with Crippen molar-refractivity contribution in [2.45, 2.75) is 40.5 Å². The van der Waals surface area contributed by atoms with Crippen LogP contribution >= 0.6 is 0 Å². The molecule has 0 aromatic rings. The highest BCUT2D eigenvalue weighted by molar-refractivity contribution is 5.24. The molecule has 1 unspecified atom stereocenters. The average molecular weight is 168 g/mol. The van der Waals surface area contributed by atoms with E-state index in [1.165, 1.54) is 12.8 Å². The van der Waals surface area contributed by atoms with Gasteiger partial charge in [0.05, 0.1) is 0 Å². The molecule has 2 aliphatic carbocycles. The molecule has 1 N–H and O–H groups in total. The minimum absolute atomic E-state index is 0.392. The summed E-state index contributed by atoms with van der Waals surface area (Å²) in [5.74, 6) is 0.582. The van der Waals surface area contributed by atoms with Crippen LogP contribution in [0.25, 0.3) is 0 Å². The van der Waals surface area contributed by atoms with E-state index in [0.717, 1.165) is 0 Å². The van der Waals surface area contributed by atoms with E-state index >= 15 is 0 Å². The quantitative estimate of drug-likeness (QED) is 0.637. The molecule has 2 fully saturated rings. The zero-order valence-corrected chi connectivity index (χ0v) is 8.65. The standard InChI is InChI=1S/C11H20O/c1-9(2)6-11(7-9)8(5-12)10(11,3)4/h8,12H,5-7H2,1-4H3. The van der Waals surface area contributed by atoms with Crippen molar-refractivity contribution in [1.29, 1.82) is 0 Å². The Kier molecular flexibility index (Phi) is 1.35. The lowest BCUT2D eigenvalue weighted by Gasteiger charge is -2.46. The maximum absolute atomic E-state index is 9.21. The minimum Gasteiger partial charge on any atom is -0.396 e. The van der Waals surface area contributed by atoms with Crippen molar-refractivity contribution in [3.8, 4) is 0 Å². The van der Waals surface area contributed by atoms with Crippen molar-refractivity contribution in [3.05, 3.63) is 0 Å². The molecular weight excluding hydrogens is 148 g/mol. The molecule has 1 atom stereocenters. The van der Waals surface area contributed by atoms with E-state index in [2.05, 4.69) is 27.7 Å². The van der Waals surface area contributed by atoms with E-state index in [0.29, 0.717) is 28.8 Å². The topological polar surface area (TPSA) is 20.2 Å². The molecular formula is C11H20O. The molecule has 12 heavy (non-hydrogen) atoms. The predicted molar refractivity (Wildman–Crippen MR) is 49.8 cm³/mol. The van der Waals surface area contributed by atoms with E-state index in [-0.39, 0.29) is 0 Å². The van der Waals surface area contributed by atoms with Crippen molar-refractivity contribution in [2.75, 3.05) is 6.61 Å². The summed E-state index contributed by atoms with van der Waals surface area (Å²) in [4.78, 5) is 0. The van der Waals surface area contributed by atoms with Gasteiger partial charge in [-0.15, -0.1) is 0 Å². The summed E-state index contributed by atoms with van der Waals surface area (Å²) in [6.45, 7) is 9.68. The van der Waals surface area contributed by atoms with Gasteiger partial charge in [0.2, 0.25) is 0 Å². The van der Waals surface area contributed by atoms with Crippen LogP contribution in [-0.4, -0.2) is 11.7 Å². The molecule has 0 saturated heterocycles. The second-order valence-corrected chi connectivity index (χ2v) is 6.13. The van der Waals surface area contributed by atoms with Gasteiger partial charge < -0.3 is 5.11 Å². The van der Waals surface area contributed by atoms with Gasteiger partial charge in [-0.1, -0.05) is 27.7 Å². The van der Waals surface area contributed by atoms with Crippen molar-refractivity contribution in [1.82, 2.24) is 0 Å². The van der Waals surface area contributed by atoms with Crippen molar-refractivity contribution in [2.24, 2.45) is 22.2 Å². The number of aliphatic hydroxyl groups is 1. The molecule has 0 amide bonds. The third kappa shape index (κ3) is 0.736. The van der Waals surface area contributed by atoms with E-state index in [9.17, 15) is 5.11 Å². The number of aliphatic hydroxyl groups excluding tert-OH is 1. The first-order valence-corrected chi connectivity index (χ1v) is 4.97. The van der Waals surface area contributed by atoms with Gasteiger partial charge in [0, 0.05) is 6.61 Å². The maximum atomic E-state index is 9.21. The van der Waals surface area contributed by atoms with Crippen LogP contribution in [0.3, 0.4) is 0 Å². The lowest BCUT2D eigenvalue weighted by molar-refractivity contribution is 0.0333. The Morgan fingerprint density at radius 2 is 1.67 bits per heavy atom. The fourth-order valence-corrected chi connectivity index (χ4v) is 3.82. The van der Waals surface area contributed by atoms with Crippen LogP contribution in [0.1, 0.15) is 40.5 Å². The first-order chi connectivity index (χ1) is 5.36. The van der Waals surface area contributed by atoms with Crippen LogP contribution in [0, 0.1) is 22.2 Å². The molecule has 0 radical (unpaired) electrons. The third-order valence-corrected chi connectivity index (χ3v) is 4.51. The van der Waals surface area contributed by atoms with Crippen molar-refractivity contribution >= 4 is 0 Å². The second kappa shape index (κ2) is 1.89. The summed E-state index contributed by atoms with van der Waals surface area (Å²) in [5, 5.41) is 9.21. The smallest absolute Gasteiger partial charge is 0.0470 e. The first-order valence-electron chi connectivity index (χ1n) is 4.97. The van der Waals surface area contributed by atoms with Crippen LogP contribution in [0.2, 0.25) is 0 Å². The highest BCUT2D eigenvalue weighted by Gasteiger charge is 2.76. The van der Waals surface area contributed by atoms with Crippen LogP contribution in [-0.2, 0) is 0 Å². The number of rotatable bonds is 1. The predicted octanol–water partition coefficient (Wildman–Crippen LogP) is 2.44. The third-order valence-electron chi connectivity index (χ3n) is 4.51. The maximum Gasteiger partial charge on any atom is 0.0470 e. The van der Waals surface area contributed by atoms with E-state index in [1.54, 1.807) is 0 Å². The Hall–Kier alpha value is -0.0400. The van der Waals surface area contributed by atoms with Gasteiger partial charge in [-0.3, -0.25) is 0 Å². The van der Waals surface area contributed by atoms with Crippen LogP contribution in [0.5, 0.6) is 0 Å². The van der Waals surface area contributed by atoms with E-state index < -0.39 is 0 Å². The van der Waals surface area contributed by atoms with Gasteiger partial charge in [0.25, 0.3) is 0 Å². The Bertz CT molecular complexity index is 207. The van der Waals surface area contributed by atoms with E-state index in [4.69, 9.17) is 0 Å². The molecule has 0 aromatic carbocycles. The SMILES string of the molecule is CC1(C)CC2(C1)C(CO)C2(C)C. The molecule has 1 nitrogen and oxygen atoms in total. The summed E-state index contributed by atoms with van der Waals surface area (Å²) in [5.41, 5.74) is 1.48. The van der Waals surface area contributed by atoms with Gasteiger partial charge >= 0.3 is 0 Å². The molecule has 2 saturated carbocycles. The van der Waals surface area contributed by atoms with Gasteiger partial charge in [0.1, 0.15) is 0 Å². The highest BCUT2D eigenvalue weighted by Crippen LogP contribution is 2.81. The summed E-state index contributed by atoms with van der Waals surface area (Å²) in [6.07, 6.45) is 2.64. The fourth-order valence-electron chi connectivity index (χ4n) is 3.82. The van der Waals surface area contributed by atoms with E-state index in [1.807, 2.05) is 0 Å². The Labute approximate surface area is 75.2 Å². The molecule has 2 aliphatic rings. The lowest BCUT2D eigenvalue weighted by atomic mass is 9.59. The summed E-state index contributed by atoms with van der Waals surface area (Å²) in [7, 11) is 0. The largest absolute Gasteiger partial charge is 0.396 e. The van der Waals surface area contributed by atoms with Gasteiger partial charge in [0.15, 0.2) is 0 Å². The lowest BCUT2D eigenvalue weighted by Crippen LogP contribution is -2.37.